The molecule has 0 atom stereocenters. The van der Waals surface area contributed by atoms with Crippen molar-refractivity contribution in [2.24, 2.45) is 10.7 Å². The van der Waals surface area contributed by atoms with Gasteiger partial charge in [0.1, 0.15) is 0 Å². The molecule has 0 spiro atoms. The zero-order chi connectivity index (χ0) is 19.6. The number of hydrogen-bond donors (Lipinski definition) is 2. The summed E-state index contributed by atoms with van der Waals surface area (Å²) in [6, 6.07) is 8.78. The lowest BCUT2D eigenvalue weighted by Crippen LogP contribution is -2.31. The summed E-state index contributed by atoms with van der Waals surface area (Å²) in [5, 5.41) is 2.95. The molecule has 27 heavy (non-hydrogen) atoms. The number of ether oxygens (including phenoxy) is 3. The summed E-state index contributed by atoms with van der Waals surface area (Å²) in [7, 11) is 3.13. The van der Waals surface area contributed by atoms with Gasteiger partial charge in [-0.1, -0.05) is 6.07 Å². The van der Waals surface area contributed by atoms with E-state index in [1.807, 2.05) is 12.1 Å². The molecule has 2 rings (SSSR count). The van der Waals surface area contributed by atoms with Crippen molar-refractivity contribution in [3.05, 3.63) is 47.7 Å². The van der Waals surface area contributed by atoms with Crippen LogP contribution < -0.4 is 25.3 Å². The molecule has 0 saturated heterocycles. The third-order valence-electron chi connectivity index (χ3n) is 3.51. The lowest BCUT2D eigenvalue weighted by molar-refractivity contribution is 0.0795. The number of pyridine rings is 1. The van der Waals surface area contributed by atoms with Crippen molar-refractivity contribution in [3.8, 4) is 17.4 Å². The van der Waals surface area contributed by atoms with E-state index in [2.05, 4.69) is 15.3 Å². The van der Waals surface area contributed by atoms with Gasteiger partial charge >= 0.3 is 0 Å². The zero-order valence-corrected chi connectivity index (χ0v) is 15.1. The molecular weight excluding hydrogens is 358 g/mol. The Morgan fingerprint density at radius 3 is 2.63 bits per heavy atom. The van der Waals surface area contributed by atoms with Gasteiger partial charge < -0.3 is 25.3 Å². The van der Waals surface area contributed by atoms with Crippen LogP contribution in [-0.2, 0) is 13.1 Å². The van der Waals surface area contributed by atoms with Gasteiger partial charge in [0.2, 0.25) is 5.88 Å². The first-order chi connectivity index (χ1) is 13.0. The van der Waals surface area contributed by atoms with Crippen molar-refractivity contribution in [2.75, 3.05) is 20.8 Å². The van der Waals surface area contributed by atoms with Gasteiger partial charge in [0.25, 0.3) is 6.43 Å². The average molecular weight is 380 g/mol. The van der Waals surface area contributed by atoms with Gasteiger partial charge in [-0.05, 0) is 29.3 Å². The van der Waals surface area contributed by atoms with E-state index in [1.165, 1.54) is 6.20 Å². The SMILES string of the molecule is COc1ccc(CN=C(N)NCc2ccnc(OCC(F)F)c2)cc1OC. The molecule has 1 aromatic heterocycles. The number of alkyl halides is 2. The van der Waals surface area contributed by atoms with E-state index in [9.17, 15) is 8.78 Å². The Labute approximate surface area is 156 Å². The van der Waals surface area contributed by atoms with Gasteiger partial charge in [0, 0.05) is 18.8 Å². The number of nitrogens with zero attached hydrogens (tertiary/aromatic N) is 2. The van der Waals surface area contributed by atoms with Crippen LogP contribution >= 0.6 is 0 Å². The Bertz CT molecular complexity index is 772. The summed E-state index contributed by atoms with van der Waals surface area (Å²) >= 11 is 0. The first-order valence-electron chi connectivity index (χ1n) is 8.12. The van der Waals surface area contributed by atoms with Gasteiger partial charge in [0.15, 0.2) is 24.1 Å². The Kier molecular flexibility index (Phi) is 7.60. The van der Waals surface area contributed by atoms with E-state index in [1.54, 1.807) is 32.4 Å². The van der Waals surface area contributed by atoms with Crippen LogP contribution in [0.1, 0.15) is 11.1 Å². The molecule has 1 heterocycles. The summed E-state index contributed by atoms with van der Waals surface area (Å²) in [6.45, 7) is 0.0198. The Morgan fingerprint density at radius 2 is 1.93 bits per heavy atom. The molecule has 0 aliphatic heterocycles. The highest BCUT2D eigenvalue weighted by Crippen LogP contribution is 2.27. The first-order valence-corrected chi connectivity index (χ1v) is 8.12. The molecule has 146 valence electrons. The van der Waals surface area contributed by atoms with Gasteiger partial charge in [-0.15, -0.1) is 0 Å². The highest BCUT2D eigenvalue weighted by Gasteiger charge is 2.06. The zero-order valence-electron chi connectivity index (χ0n) is 15.1. The third kappa shape index (κ3) is 6.61. The van der Waals surface area contributed by atoms with Crippen molar-refractivity contribution in [1.82, 2.24) is 10.3 Å². The number of hydrogen-bond acceptors (Lipinski definition) is 5. The molecular formula is C18H22F2N4O3. The van der Waals surface area contributed by atoms with Crippen LogP contribution in [0.25, 0.3) is 0 Å². The molecule has 0 fully saturated rings. The van der Waals surface area contributed by atoms with Gasteiger partial charge in [-0.2, -0.15) is 0 Å². The predicted octanol–water partition coefficient (Wildman–Crippen LogP) is 2.35. The van der Waals surface area contributed by atoms with Gasteiger partial charge in [-0.25, -0.2) is 18.8 Å². The number of aliphatic imine (C=N–C) groups is 1. The second-order valence-corrected chi connectivity index (χ2v) is 5.45. The topological polar surface area (TPSA) is 91.0 Å². The van der Waals surface area contributed by atoms with Crippen molar-refractivity contribution < 1.29 is 23.0 Å². The van der Waals surface area contributed by atoms with Crippen molar-refractivity contribution >= 4 is 5.96 Å². The summed E-state index contributed by atoms with van der Waals surface area (Å²) in [4.78, 5) is 8.14. The van der Waals surface area contributed by atoms with Crippen LogP contribution in [0.4, 0.5) is 8.78 Å². The maximum atomic E-state index is 12.2. The standard InChI is InChI=1S/C18H22F2N4O3/c1-25-14-4-3-12(7-15(14)26-2)9-23-18(21)24-10-13-5-6-22-17(8-13)27-11-16(19)20/h3-8,16H,9-11H2,1-2H3,(H3,21,23,24). The fourth-order valence-electron chi connectivity index (χ4n) is 2.19. The smallest absolute Gasteiger partial charge is 0.272 e. The summed E-state index contributed by atoms with van der Waals surface area (Å²) in [5.74, 6) is 1.64. The van der Waals surface area contributed by atoms with Crippen molar-refractivity contribution in [1.29, 1.82) is 0 Å². The molecule has 3 N–H and O–H groups in total. The summed E-state index contributed by atoms with van der Waals surface area (Å²) in [5.41, 5.74) is 7.55. The molecule has 9 heteroatoms. The van der Waals surface area contributed by atoms with Gasteiger partial charge in [0.05, 0.1) is 20.8 Å². The second kappa shape index (κ2) is 10.1. The molecule has 0 saturated carbocycles. The summed E-state index contributed by atoms with van der Waals surface area (Å²) in [6.07, 6.45) is -1.07. The largest absolute Gasteiger partial charge is 0.493 e. The maximum Gasteiger partial charge on any atom is 0.272 e. The Balaban J connectivity index is 1.90. The number of nitrogens with two attached hydrogens (primary N) is 1. The summed E-state index contributed by atoms with van der Waals surface area (Å²) < 4.78 is 39.7. The highest BCUT2D eigenvalue weighted by atomic mass is 19.3. The van der Waals surface area contributed by atoms with Crippen LogP contribution in [0.3, 0.4) is 0 Å². The second-order valence-electron chi connectivity index (χ2n) is 5.45. The minimum absolute atomic E-state index is 0.135. The highest BCUT2D eigenvalue weighted by molar-refractivity contribution is 5.77. The molecule has 0 aliphatic carbocycles. The van der Waals surface area contributed by atoms with E-state index in [0.717, 1.165) is 11.1 Å². The number of rotatable bonds is 9. The molecule has 2 aromatic rings. The van der Waals surface area contributed by atoms with E-state index in [4.69, 9.17) is 19.9 Å². The number of halogens is 2. The Hall–Kier alpha value is -3.10. The third-order valence-corrected chi connectivity index (χ3v) is 3.51. The Morgan fingerprint density at radius 1 is 1.15 bits per heavy atom. The van der Waals surface area contributed by atoms with E-state index in [-0.39, 0.29) is 11.8 Å². The monoisotopic (exact) mass is 380 g/mol. The molecule has 1 aromatic carbocycles. The normalized spacial score (nSPS) is 11.4. The quantitative estimate of drug-likeness (QED) is 0.513. The van der Waals surface area contributed by atoms with Crippen LogP contribution in [-0.4, -0.2) is 38.2 Å². The van der Waals surface area contributed by atoms with Crippen LogP contribution in [0, 0.1) is 0 Å². The number of aromatic nitrogens is 1. The molecule has 0 amide bonds. The lowest BCUT2D eigenvalue weighted by atomic mass is 10.2. The fourth-order valence-corrected chi connectivity index (χ4v) is 2.19. The average Bonchev–Trinajstić information content (AvgIpc) is 2.69. The van der Waals surface area contributed by atoms with Crippen LogP contribution in [0.2, 0.25) is 0 Å². The first kappa shape index (κ1) is 20.2. The molecule has 0 radical (unpaired) electrons. The number of nitrogens with one attached hydrogen (secondary N) is 1. The molecule has 0 unspecified atom stereocenters. The fraction of sp³-hybridized carbons (Fsp3) is 0.333. The molecule has 0 bridgehead atoms. The molecule has 7 nitrogen and oxygen atoms in total. The van der Waals surface area contributed by atoms with Gasteiger partial charge in [-0.3, -0.25) is 0 Å². The minimum atomic E-state index is -2.55. The van der Waals surface area contributed by atoms with Crippen molar-refractivity contribution in [3.63, 3.8) is 0 Å². The van der Waals surface area contributed by atoms with E-state index < -0.39 is 13.0 Å². The van der Waals surface area contributed by atoms with Crippen LogP contribution in [0.5, 0.6) is 17.4 Å². The van der Waals surface area contributed by atoms with E-state index >= 15 is 0 Å². The predicted molar refractivity (Wildman–Crippen MR) is 97.4 cm³/mol. The van der Waals surface area contributed by atoms with Crippen LogP contribution in [0.15, 0.2) is 41.5 Å². The molecule has 0 aliphatic rings. The van der Waals surface area contributed by atoms with Crippen molar-refractivity contribution in [2.45, 2.75) is 19.5 Å². The maximum absolute atomic E-state index is 12.2. The number of benzene rings is 1. The number of guanidine groups is 1. The van der Waals surface area contributed by atoms with E-state index in [0.29, 0.717) is 24.6 Å². The number of methoxy groups -OCH3 is 2. The minimum Gasteiger partial charge on any atom is -0.493 e. The lowest BCUT2D eigenvalue weighted by Gasteiger charge is -2.10.